The Kier molecular flexibility index (Phi) is 6.85. The first-order chi connectivity index (χ1) is 16.8. The molecule has 3 amide bonds. The maximum absolute atomic E-state index is 12.9. The van der Waals surface area contributed by atoms with Crippen LogP contribution in [0, 0.1) is 10.1 Å². The molecule has 184 valence electrons. The number of piperazine rings is 1. The predicted molar refractivity (Wildman–Crippen MR) is 130 cm³/mol. The second-order valence-corrected chi connectivity index (χ2v) is 8.44. The zero-order chi connectivity index (χ0) is 25.1. The fourth-order valence-corrected chi connectivity index (χ4v) is 4.43. The number of carbonyl (C=O) groups is 3. The third-order valence-corrected chi connectivity index (χ3v) is 6.30. The number of hydrogen-bond donors (Lipinski definition) is 1. The number of amides is 3. The lowest BCUT2D eigenvalue weighted by Crippen LogP contribution is -2.48. The Morgan fingerprint density at radius 1 is 1.03 bits per heavy atom. The Hall–Kier alpha value is -4.15. The lowest BCUT2D eigenvalue weighted by atomic mass is 10.1. The van der Waals surface area contributed by atoms with Gasteiger partial charge < -0.3 is 24.8 Å². The molecule has 0 bridgehead atoms. The largest absolute Gasteiger partial charge is 0.495 e. The van der Waals surface area contributed by atoms with Crippen molar-refractivity contribution >= 4 is 40.5 Å². The van der Waals surface area contributed by atoms with Gasteiger partial charge in [0.15, 0.2) is 0 Å². The van der Waals surface area contributed by atoms with Crippen LogP contribution in [0.3, 0.4) is 0 Å². The number of nitrogens with zero attached hydrogens (tertiary/aromatic N) is 4. The van der Waals surface area contributed by atoms with E-state index in [1.807, 2.05) is 4.90 Å². The molecule has 0 saturated carbocycles. The highest BCUT2D eigenvalue weighted by Gasteiger charge is 2.27. The fraction of sp³-hybridized carbons (Fsp3) is 0.375. The van der Waals surface area contributed by atoms with Gasteiger partial charge in [-0.1, -0.05) is 0 Å². The molecule has 2 saturated heterocycles. The van der Waals surface area contributed by atoms with Crippen molar-refractivity contribution in [2.45, 2.75) is 19.8 Å². The SMILES string of the molecule is COc1ccc(NC(=O)c2ccc(N3CCN(C(C)=O)CC3)c([N+](=O)[O-])c2)cc1N1CCCC1=O. The Morgan fingerprint density at radius 2 is 1.77 bits per heavy atom. The number of nitro benzene ring substituents is 1. The van der Waals surface area contributed by atoms with Crippen LogP contribution in [0.25, 0.3) is 0 Å². The summed E-state index contributed by atoms with van der Waals surface area (Å²) in [5.41, 5.74) is 1.38. The molecule has 0 aromatic heterocycles. The molecule has 2 aromatic rings. The van der Waals surface area contributed by atoms with Crippen LogP contribution in [-0.4, -0.2) is 67.4 Å². The van der Waals surface area contributed by atoms with E-state index < -0.39 is 10.8 Å². The standard InChI is InChI=1S/C24H27N5O6/c1-16(30)26-10-12-27(13-11-26)19-7-5-17(14-20(19)29(33)34)24(32)25-18-6-8-22(35-2)21(15-18)28-9-3-4-23(28)31/h5-8,14-15H,3-4,9-13H2,1-2H3,(H,25,32). The summed E-state index contributed by atoms with van der Waals surface area (Å²) in [5.74, 6) is -0.0305. The summed E-state index contributed by atoms with van der Waals surface area (Å²) in [6, 6.07) is 9.36. The molecule has 2 aromatic carbocycles. The van der Waals surface area contributed by atoms with Crippen LogP contribution >= 0.6 is 0 Å². The topological polar surface area (TPSA) is 125 Å². The van der Waals surface area contributed by atoms with Gasteiger partial charge in [0, 0.05) is 63.4 Å². The van der Waals surface area contributed by atoms with Gasteiger partial charge >= 0.3 is 0 Å². The van der Waals surface area contributed by atoms with Crippen molar-refractivity contribution in [3.05, 3.63) is 52.1 Å². The molecule has 1 N–H and O–H groups in total. The average Bonchev–Trinajstić information content (AvgIpc) is 3.29. The summed E-state index contributed by atoms with van der Waals surface area (Å²) in [6.45, 7) is 3.97. The first-order valence-electron chi connectivity index (χ1n) is 11.4. The van der Waals surface area contributed by atoms with Crippen molar-refractivity contribution < 1.29 is 24.0 Å². The summed E-state index contributed by atoms with van der Waals surface area (Å²) in [7, 11) is 1.51. The first kappa shape index (κ1) is 24.0. The van der Waals surface area contributed by atoms with Crippen LogP contribution in [0.2, 0.25) is 0 Å². The number of benzene rings is 2. The molecule has 2 aliphatic rings. The Bertz CT molecular complexity index is 1170. The van der Waals surface area contributed by atoms with Crippen LogP contribution in [0.5, 0.6) is 5.75 Å². The van der Waals surface area contributed by atoms with Gasteiger partial charge in [0.2, 0.25) is 11.8 Å². The quantitative estimate of drug-likeness (QED) is 0.497. The van der Waals surface area contributed by atoms with Crippen molar-refractivity contribution in [2.24, 2.45) is 0 Å². The minimum absolute atomic E-state index is 0.0119. The number of rotatable bonds is 6. The minimum Gasteiger partial charge on any atom is -0.495 e. The molecule has 4 rings (SSSR count). The Labute approximate surface area is 202 Å². The monoisotopic (exact) mass is 481 g/mol. The first-order valence-corrected chi connectivity index (χ1v) is 11.4. The number of methoxy groups -OCH3 is 1. The zero-order valence-electron chi connectivity index (χ0n) is 19.7. The molecule has 0 aliphatic carbocycles. The number of carbonyl (C=O) groups excluding carboxylic acids is 3. The van der Waals surface area contributed by atoms with Crippen molar-refractivity contribution in [1.29, 1.82) is 0 Å². The highest BCUT2D eigenvalue weighted by Crippen LogP contribution is 2.35. The second-order valence-electron chi connectivity index (χ2n) is 8.44. The highest BCUT2D eigenvalue weighted by molar-refractivity contribution is 6.06. The summed E-state index contributed by atoms with van der Waals surface area (Å²) >= 11 is 0. The normalized spacial score (nSPS) is 15.8. The van der Waals surface area contributed by atoms with Gasteiger partial charge in [-0.15, -0.1) is 0 Å². The summed E-state index contributed by atoms with van der Waals surface area (Å²) < 4.78 is 5.38. The lowest BCUT2D eigenvalue weighted by Gasteiger charge is -2.35. The molecule has 0 radical (unpaired) electrons. The minimum atomic E-state index is -0.509. The van der Waals surface area contributed by atoms with Crippen LogP contribution < -0.4 is 19.9 Å². The molecule has 2 fully saturated rings. The number of nitro groups is 1. The van der Waals surface area contributed by atoms with Gasteiger partial charge in [0.05, 0.1) is 17.7 Å². The molecule has 0 atom stereocenters. The average molecular weight is 482 g/mol. The van der Waals surface area contributed by atoms with E-state index in [1.54, 1.807) is 40.1 Å². The third-order valence-electron chi connectivity index (χ3n) is 6.30. The number of hydrogen-bond acceptors (Lipinski definition) is 7. The van der Waals surface area contributed by atoms with Gasteiger partial charge in [0.1, 0.15) is 11.4 Å². The fourth-order valence-electron chi connectivity index (χ4n) is 4.43. The zero-order valence-corrected chi connectivity index (χ0v) is 19.7. The molecular weight excluding hydrogens is 454 g/mol. The predicted octanol–water partition coefficient (Wildman–Crippen LogP) is 2.65. The van der Waals surface area contributed by atoms with Crippen molar-refractivity contribution in [1.82, 2.24) is 4.90 Å². The highest BCUT2D eigenvalue weighted by atomic mass is 16.6. The van der Waals surface area contributed by atoms with E-state index in [9.17, 15) is 24.5 Å². The van der Waals surface area contributed by atoms with Crippen molar-refractivity contribution in [3.8, 4) is 5.75 Å². The van der Waals surface area contributed by atoms with Crippen LogP contribution in [0.15, 0.2) is 36.4 Å². The van der Waals surface area contributed by atoms with E-state index >= 15 is 0 Å². The molecular formula is C24H27N5O6. The van der Waals surface area contributed by atoms with Gasteiger partial charge in [-0.2, -0.15) is 0 Å². The summed E-state index contributed by atoms with van der Waals surface area (Å²) in [5, 5.41) is 14.6. The number of nitrogens with one attached hydrogen (secondary N) is 1. The van der Waals surface area contributed by atoms with E-state index in [4.69, 9.17) is 4.74 Å². The van der Waals surface area contributed by atoms with E-state index in [-0.39, 0.29) is 23.1 Å². The van der Waals surface area contributed by atoms with Gasteiger partial charge in [-0.3, -0.25) is 24.5 Å². The molecule has 0 unspecified atom stereocenters. The Balaban J connectivity index is 1.54. The van der Waals surface area contributed by atoms with Crippen LogP contribution in [0.4, 0.5) is 22.7 Å². The molecule has 2 heterocycles. The number of ether oxygens (including phenoxy) is 1. The van der Waals surface area contributed by atoms with E-state index in [2.05, 4.69) is 5.32 Å². The summed E-state index contributed by atoms with van der Waals surface area (Å²) in [6.07, 6.45) is 1.21. The van der Waals surface area contributed by atoms with Crippen molar-refractivity contribution in [3.63, 3.8) is 0 Å². The Morgan fingerprint density at radius 3 is 2.37 bits per heavy atom. The van der Waals surface area contributed by atoms with Gasteiger partial charge in [-0.25, -0.2) is 0 Å². The molecule has 2 aliphatic heterocycles. The smallest absolute Gasteiger partial charge is 0.293 e. The van der Waals surface area contributed by atoms with Gasteiger partial charge in [0.25, 0.3) is 11.6 Å². The van der Waals surface area contributed by atoms with E-state index in [1.165, 1.54) is 20.1 Å². The third kappa shape index (κ3) is 5.03. The molecule has 11 nitrogen and oxygen atoms in total. The second kappa shape index (κ2) is 10.00. The van der Waals surface area contributed by atoms with Crippen molar-refractivity contribution in [2.75, 3.05) is 55.0 Å². The van der Waals surface area contributed by atoms with Gasteiger partial charge in [-0.05, 0) is 36.8 Å². The molecule has 35 heavy (non-hydrogen) atoms. The summed E-state index contributed by atoms with van der Waals surface area (Å²) in [4.78, 5) is 53.2. The lowest BCUT2D eigenvalue weighted by molar-refractivity contribution is -0.384. The van der Waals surface area contributed by atoms with Crippen LogP contribution in [-0.2, 0) is 9.59 Å². The molecule has 11 heteroatoms. The molecule has 0 spiro atoms. The van der Waals surface area contributed by atoms with E-state index in [0.717, 1.165) is 6.42 Å². The van der Waals surface area contributed by atoms with E-state index in [0.29, 0.717) is 62.0 Å². The number of anilines is 3. The maximum Gasteiger partial charge on any atom is 0.293 e. The van der Waals surface area contributed by atoms with Crippen LogP contribution in [0.1, 0.15) is 30.1 Å². The maximum atomic E-state index is 12.9.